The van der Waals surface area contributed by atoms with Gasteiger partial charge < -0.3 is 0 Å². The van der Waals surface area contributed by atoms with Crippen molar-refractivity contribution in [3.05, 3.63) is 28.7 Å². The molecule has 0 saturated heterocycles. The average molecular weight is 295 g/mol. The van der Waals surface area contributed by atoms with E-state index >= 15 is 0 Å². The standard InChI is InChI=1S/C9H11BrO2S2/c1-14(11,12)7-6-13-9-5-3-2-4-8(9)10/h2-5H,6-7H2,1H3. The molecule has 0 amide bonds. The van der Waals surface area contributed by atoms with Crippen LogP contribution in [-0.4, -0.2) is 26.2 Å². The number of halogens is 1. The first-order chi connectivity index (χ1) is 6.49. The molecule has 0 spiro atoms. The molecule has 0 unspecified atom stereocenters. The molecule has 0 aromatic heterocycles. The smallest absolute Gasteiger partial charge is 0.148 e. The van der Waals surface area contributed by atoms with Gasteiger partial charge in [0.1, 0.15) is 9.84 Å². The topological polar surface area (TPSA) is 34.1 Å². The number of hydrogen-bond donors (Lipinski definition) is 0. The van der Waals surface area contributed by atoms with E-state index in [9.17, 15) is 8.42 Å². The van der Waals surface area contributed by atoms with Gasteiger partial charge in [0.2, 0.25) is 0 Å². The number of thioether (sulfide) groups is 1. The van der Waals surface area contributed by atoms with Crippen molar-refractivity contribution in [2.45, 2.75) is 4.90 Å². The molecule has 78 valence electrons. The highest BCUT2D eigenvalue weighted by Crippen LogP contribution is 2.26. The normalized spacial score (nSPS) is 11.6. The van der Waals surface area contributed by atoms with E-state index in [2.05, 4.69) is 15.9 Å². The molecule has 0 aliphatic carbocycles. The van der Waals surface area contributed by atoms with E-state index < -0.39 is 9.84 Å². The Bertz CT molecular complexity index is 401. The third-order valence-electron chi connectivity index (χ3n) is 1.55. The minimum atomic E-state index is -2.84. The number of rotatable bonds is 4. The summed E-state index contributed by atoms with van der Waals surface area (Å²) in [5, 5.41) is 0. The summed E-state index contributed by atoms with van der Waals surface area (Å²) in [4.78, 5) is 1.08. The van der Waals surface area contributed by atoms with Crippen LogP contribution >= 0.6 is 27.7 Å². The molecule has 2 nitrogen and oxygen atoms in total. The Labute approximate surface area is 97.1 Å². The van der Waals surface area contributed by atoms with Gasteiger partial charge in [0.25, 0.3) is 0 Å². The van der Waals surface area contributed by atoms with E-state index in [1.165, 1.54) is 6.26 Å². The molecule has 1 aromatic carbocycles. The summed E-state index contributed by atoms with van der Waals surface area (Å²) in [5.74, 6) is 0.820. The molecule has 0 N–H and O–H groups in total. The average Bonchev–Trinajstić information content (AvgIpc) is 2.06. The van der Waals surface area contributed by atoms with Crippen molar-refractivity contribution < 1.29 is 8.42 Å². The summed E-state index contributed by atoms with van der Waals surface area (Å²) in [6, 6.07) is 7.79. The van der Waals surface area contributed by atoms with Gasteiger partial charge in [0.15, 0.2) is 0 Å². The van der Waals surface area contributed by atoms with Crippen LogP contribution in [0.25, 0.3) is 0 Å². The van der Waals surface area contributed by atoms with Gasteiger partial charge in [-0.3, -0.25) is 0 Å². The van der Waals surface area contributed by atoms with Crippen LogP contribution < -0.4 is 0 Å². The molecule has 0 fully saturated rings. The Morgan fingerprint density at radius 2 is 2.00 bits per heavy atom. The van der Waals surface area contributed by atoms with Crippen LogP contribution in [0, 0.1) is 0 Å². The number of sulfone groups is 1. The van der Waals surface area contributed by atoms with Crippen molar-refractivity contribution >= 4 is 37.5 Å². The lowest BCUT2D eigenvalue weighted by molar-refractivity contribution is 0.603. The molecule has 1 aromatic rings. The Balaban J connectivity index is 2.51. The monoisotopic (exact) mass is 294 g/mol. The highest BCUT2D eigenvalue weighted by molar-refractivity contribution is 9.10. The lowest BCUT2D eigenvalue weighted by atomic mass is 10.4. The lowest BCUT2D eigenvalue weighted by Crippen LogP contribution is -2.04. The SMILES string of the molecule is CS(=O)(=O)CCSc1ccccc1Br. The zero-order valence-electron chi connectivity index (χ0n) is 7.73. The predicted octanol–water partition coefficient (Wildman–Crippen LogP) is 2.59. The van der Waals surface area contributed by atoms with Crippen LogP contribution in [0.3, 0.4) is 0 Å². The van der Waals surface area contributed by atoms with Crippen molar-refractivity contribution in [1.29, 1.82) is 0 Å². The zero-order chi connectivity index (χ0) is 10.6. The van der Waals surface area contributed by atoms with E-state index in [-0.39, 0.29) is 5.75 Å². The van der Waals surface area contributed by atoms with Crippen LogP contribution in [0.5, 0.6) is 0 Å². The first-order valence-corrected chi connectivity index (χ1v) is 7.88. The summed E-state index contributed by atoms with van der Waals surface area (Å²) in [6.45, 7) is 0. The highest BCUT2D eigenvalue weighted by atomic mass is 79.9. The molecule has 0 saturated carbocycles. The van der Waals surface area contributed by atoms with Crippen LogP contribution in [0.4, 0.5) is 0 Å². The van der Waals surface area contributed by atoms with Gasteiger partial charge >= 0.3 is 0 Å². The fraction of sp³-hybridized carbons (Fsp3) is 0.333. The van der Waals surface area contributed by atoms with Gasteiger partial charge in [-0.1, -0.05) is 12.1 Å². The van der Waals surface area contributed by atoms with E-state index in [0.29, 0.717) is 5.75 Å². The van der Waals surface area contributed by atoms with Crippen molar-refractivity contribution in [3.63, 3.8) is 0 Å². The minimum Gasteiger partial charge on any atom is -0.229 e. The van der Waals surface area contributed by atoms with E-state index in [1.54, 1.807) is 11.8 Å². The highest BCUT2D eigenvalue weighted by Gasteiger charge is 2.04. The van der Waals surface area contributed by atoms with Crippen LogP contribution in [0.2, 0.25) is 0 Å². The summed E-state index contributed by atoms with van der Waals surface area (Å²) < 4.78 is 22.8. The van der Waals surface area contributed by atoms with Gasteiger partial charge in [0, 0.05) is 21.4 Å². The Hall–Kier alpha value is -0.000000000000000111. The van der Waals surface area contributed by atoms with Gasteiger partial charge in [-0.2, -0.15) is 0 Å². The van der Waals surface area contributed by atoms with Crippen LogP contribution in [0.15, 0.2) is 33.6 Å². The van der Waals surface area contributed by atoms with Crippen molar-refractivity contribution in [2.75, 3.05) is 17.8 Å². The van der Waals surface area contributed by atoms with Crippen molar-refractivity contribution in [2.24, 2.45) is 0 Å². The summed E-state index contributed by atoms with van der Waals surface area (Å²) in [5.41, 5.74) is 0. The summed E-state index contributed by atoms with van der Waals surface area (Å²) in [6.07, 6.45) is 1.26. The van der Waals surface area contributed by atoms with E-state index in [0.717, 1.165) is 9.37 Å². The third kappa shape index (κ3) is 4.48. The van der Waals surface area contributed by atoms with Gasteiger partial charge in [-0.25, -0.2) is 8.42 Å². The number of benzene rings is 1. The molecular formula is C9H11BrO2S2. The zero-order valence-corrected chi connectivity index (χ0v) is 11.0. The quantitative estimate of drug-likeness (QED) is 0.801. The van der Waals surface area contributed by atoms with Gasteiger partial charge in [-0.05, 0) is 28.1 Å². The third-order valence-corrected chi connectivity index (χ3v) is 4.78. The second-order valence-electron chi connectivity index (χ2n) is 2.91. The first kappa shape index (κ1) is 12.1. The Morgan fingerprint density at radius 3 is 2.57 bits per heavy atom. The summed E-state index contributed by atoms with van der Waals surface area (Å²) in [7, 11) is -2.84. The van der Waals surface area contributed by atoms with Gasteiger partial charge in [-0.15, -0.1) is 11.8 Å². The second-order valence-corrected chi connectivity index (χ2v) is 7.16. The summed E-state index contributed by atoms with van der Waals surface area (Å²) >= 11 is 4.95. The largest absolute Gasteiger partial charge is 0.229 e. The van der Waals surface area contributed by atoms with Crippen LogP contribution in [-0.2, 0) is 9.84 Å². The maximum absolute atomic E-state index is 10.9. The first-order valence-electron chi connectivity index (χ1n) is 4.04. The molecule has 0 atom stereocenters. The molecule has 0 bridgehead atoms. The molecule has 1 rings (SSSR count). The number of hydrogen-bond acceptors (Lipinski definition) is 3. The second kappa shape index (κ2) is 5.19. The molecule has 0 heterocycles. The molecular weight excluding hydrogens is 284 g/mol. The van der Waals surface area contributed by atoms with E-state index in [1.807, 2.05) is 24.3 Å². The molecule has 0 aliphatic rings. The fourth-order valence-corrected chi connectivity index (χ4v) is 3.64. The van der Waals surface area contributed by atoms with Crippen LogP contribution in [0.1, 0.15) is 0 Å². The molecule has 5 heteroatoms. The van der Waals surface area contributed by atoms with Gasteiger partial charge in [0.05, 0.1) is 5.75 Å². The fourth-order valence-electron chi connectivity index (χ4n) is 0.865. The maximum atomic E-state index is 10.9. The Morgan fingerprint density at radius 1 is 1.36 bits per heavy atom. The molecule has 0 aliphatic heterocycles. The molecule has 0 radical (unpaired) electrons. The van der Waals surface area contributed by atoms with E-state index in [4.69, 9.17) is 0 Å². The van der Waals surface area contributed by atoms with Crippen molar-refractivity contribution in [1.82, 2.24) is 0 Å². The Kier molecular flexibility index (Phi) is 4.47. The maximum Gasteiger partial charge on any atom is 0.148 e. The molecule has 14 heavy (non-hydrogen) atoms. The lowest BCUT2D eigenvalue weighted by Gasteiger charge is -2.02. The van der Waals surface area contributed by atoms with Crippen molar-refractivity contribution in [3.8, 4) is 0 Å². The predicted molar refractivity (Wildman–Crippen MR) is 64.6 cm³/mol. The minimum absolute atomic E-state index is 0.221.